The first-order valence-electron chi connectivity index (χ1n) is 7.38. The summed E-state index contributed by atoms with van der Waals surface area (Å²) in [5.41, 5.74) is 3.69. The molecular weight excluding hydrogens is 336 g/mol. The summed E-state index contributed by atoms with van der Waals surface area (Å²) < 4.78 is 6.78. The summed E-state index contributed by atoms with van der Waals surface area (Å²) in [4.78, 5) is 0. The summed E-state index contributed by atoms with van der Waals surface area (Å²) in [6.07, 6.45) is 6.32. The van der Waals surface area contributed by atoms with E-state index >= 15 is 0 Å². The van der Waals surface area contributed by atoms with Crippen LogP contribution in [0.1, 0.15) is 61.1 Å². The van der Waals surface area contributed by atoms with E-state index in [4.69, 9.17) is 16.3 Å². The lowest BCUT2D eigenvalue weighted by Crippen LogP contribution is -2.26. The molecule has 2 rings (SSSR count). The zero-order chi connectivity index (χ0) is 14.9. The Bertz CT molecular complexity index is 492. The van der Waals surface area contributed by atoms with E-state index in [1.807, 2.05) is 0 Å². The van der Waals surface area contributed by atoms with Gasteiger partial charge in [0.1, 0.15) is 5.75 Å². The summed E-state index contributed by atoms with van der Waals surface area (Å²) >= 11 is 10.6. The largest absolute Gasteiger partial charge is 0.496 e. The highest BCUT2D eigenvalue weighted by Gasteiger charge is 2.38. The van der Waals surface area contributed by atoms with Crippen LogP contribution in [0.4, 0.5) is 0 Å². The van der Waals surface area contributed by atoms with Crippen molar-refractivity contribution in [1.29, 1.82) is 0 Å². The molecule has 1 atom stereocenters. The summed E-state index contributed by atoms with van der Waals surface area (Å²) in [7, 11) is 1.74. The number of hydrogen-bond donors (Lipinski definition) is 0. The Balaban J connectivity index is 2.50. The lowest BCUT2D eigenvalue weighted by molar-refractivity contribution is 0.204. The topological polar surface area (TPSA) is 9.23 Å². The van der Waals surface area contributed by atoms with Crippen molar-refractivity contribution in [3.63, 3.8) is 0 Å². The second-order valence-corrected chi connectivity index (χ2v) is 7.62. The molecule has 0 heterocycles. The minimum Gasteiger partial charge on any atom is -0.496 e. The van der Waals surface area contributed by atoms with Gasteiger partial charge in [0.25, 0.3) is 0 Å². The number of alkyl halides is 1. The average molecular weight is 360 g/mol. The SMILES string of the molecule is COc1c(C)cc(Br)c(C)c1C(Cl)C1(C)CCCCC1. The third-order valence-electron chi connectivity index (χ3n) is 4.77. The monoisotopic (exact) mass is 358 g/mol. The Kier molecular flexibility index (Phi) is 5.07. The van der Waals surface area contributed by atoms with Crippen LogP contribution in [0.2, 0.25) is 0 Å². The summed E-state index contributed by atoms with van der Waals surface area (Å²) in [6.45, 7) is 6.54. The number of halogens is 2. The molecule has 1 aliphatic carbocycles. The molecule has 1 aromatic carbocycles. The first kappa shape index (κ1) is 16.2. The van der Waals surface area contributed by atoms with Crippen molar-refractivity contribution in [2.24, 2.45) is 5.41 Å². The number of benzene rings is 1. The van der Waals surface area contributed by atoms with Crippen LogP contribution < -0.4 is 4.74 Å². The Morgan fingerprint density at radius 2 is 1.85 bits per heavy atom. The molecule has 0 amide bonds. The molecule has 1 saturated carbocycles. The van der Waals surface area contributed by atoms with Gasteiger partial charge in [0, 0.05) is 10.0 Å². The zero-order valence-corrected chi connectivity index (χ0v) is 15.2. The van der Waals surface area contributed by atoms with Crippen LogP contribution in [0.25, 0.3) is 0 Å². The Morgan fingerprint density at radius 1 is 1.25 bits per heavy atom. The van der Waals surface area contributed by atoms with Crippen LogP contribution in [0.3, 0.4) is 0 Å². The van der Waals surface area contributed by atoms with E-state index in [0.29, 0.717) is 0 Å². The van der Waals surface area contributed by atoms with Crippen molar-refractivity contribution < 1.29 is 4.74 Å². The fraction of sp³-hybridized carbons (Fsp3) is 0.647. The molecule has 0 aliphatic heterocycles. The van der Waals surface area contributed by atoms with E-state index in [0.717, 1.165) is 15.8 Å². The smallest absolute Gasteiger partial charge is 0.126 e. The van der Waals surface area contributed by atoms with Crippen LogP contribution in [-0.4, -0.2) is 7.11 Å². The molecule has 1 nitrogen and oxygen atoms in total. The Hall–Kier alpha value is -0.210. The lowest BCUT2D eigenvalue weighted by Gasteiger charge is -2.39. The van der Waals surface area contributed by atoms with Gasteiger partial charge in [-0.05, 0) is 49.3 Å². The number of aryl methyl sites for hydroxylation is 1. The predicted octanol–water partition coefficient (Wildman–Crippen LogP) is 6.32. The van der Waals surface area contributed by atoms with Gasteiger partial charge in [0.15, 0.2) is 0 Å². The van der Waals surface area contributed by atoms with E-state index in [9.17, 15) is 0 Å². The van der Waals surface area contributed by atoms with Crippen LogP contribution in [0.15, 0.2) is 10.5 Å². The molecular formula is C17H24BrClO. The quantitative estimate of drug-likeness (QED) is 0.573. The highest BCUT2D eigenvalue weighted by Crippen LogP contribution is 2.53. The van der Waals surface area contributed by atoms with Gasteiger partial charge in [-0.1, -0.05) is 42.1 Å². The van der Waals surface area contributed by atoms with Crippen LogP contribution >= 0.6 is 27.5 Å². The highest BCUT2D eigenvalue weighted by atomic mass is 79.9. The fourth-order valence-corrected chi connectivity index (χ4v) is 4.45. The maximum Gasteiger partial charge on any atom is 0.126 e. The van der Waals surface area contributed by atoms with Gasteiger partial charge in [-0.15, -0.1) is 11.6 Å². The van der Waals surface area contributed by atoms with Crippen molar-refractivity contribution in [2.75, 3.05) is 7.11 Å². The highest BCUT2D eigenvalue weighted by molar-refractivity contribution is 9.10. The van der Waals surface area contributed by atoms with Gasteiger partial charge in [-0.3, -0.25) is 0 Å². The molecule has 0 bridgehead atoms. The van der Waals surface area contributed by atoms with E-state index in [-0.39, 0.29) is 10.8 Å². The van der Waals surface area contributed by atoms with Gasteiger partial charge in [-0.2, -0.15) is 0 Å². The second-order valence-electron chi connectivity index (χ2n) is 6.32. The van der Waals surface area contributed by atoms with Crippen LogP contribution in [0, 0.1) is 19.3 Å². The third kappa shape index (κ3) is 2.87. The van der Waals surface area contributed by atoms with Gasteiger partial charge in [0.2, 0.25) is 0 Å². The molecule has 0 N–H and O–H groups in total. The standard InChI is InChI=1S/C17H24BrClO/c1-11-10-13(18)12(2)14(15(11)20-4)16(19)17(3)8-6-5-7-9-17/h10,16H,5-9H2,1-4H3. The van der Waals surface area contributed by atoms with Crippen molar-refractivity contribution in [1.82, 2.24) is 0 Å². The zero-order valence-electron chi connectivity index (χ0n) is 12.9. The molecule has 0 aromatic heterocycles. The molecule has 0 spiro atoms. The van der Waals surface area contributed by atoms with E-state index in [2.05, 4.69) is 42.8 Å². The Morgan fingerprint density at radius 3 is 2.40 bits per heavy atom. The number of ether oxygens (including phenoxy) is 1. The summed E-state index contributed by atoms with van der Waals surface area (Å²) in [6, 6.07) is 2.12. The van der Waals surface area contributed by atoms with Gasteiger partial charge in [-0.25, -0.2) is 0 Å². The van der Waals surface area contributed by atoms with Crippen molar-refractivity contribution in [2.45, 2.75) is 58.3 Å². The van der Waals surface area contributed by atoms with Crippen LogP contribution in [0.5, 0.6) is 5.75 Å². The van der Waals surface area contributed by atoms with E-state index in [1.54, 1.807) is 7.11 Å². The molecule has 112 valence electrons. The third-order valence-corrected chi connectivity index (χ3v) is 6.34. The van der Waals surface area contributed by atoms with Gasteiger partial charge in [0.05, 0.1) is 12.5 Å². The number of methoxy groups -OCH3 is 1. The van der Waals surface area contributed by atoms with Crippen molar-refractivity contribution >= 4 is 27.5 Å². The number of rotatable bonds is 3. The molecule has 1 aliphatic rings. The molecule has 1 unspecified atom stereocenters. The maximum atomic E-state index is 6.96. The minimum absolute atomic E-state index is 0.00829. The normalized spacial score (nSPS) is 19.7. The maximum absolute atomic E-state index is 6.96. The van der Waals surface area contributed by atoms with Crippen molar-refractivity contribution in [3.8, 4) is 5.75 Å². The molecule has 3 heteroatoms. The average Bonchev–Trinajstić information content (AvgIpc) is 2.42. The van der Waals surface area contributed by atoms with E-state index < -0.39 is 0 Å². The predicted molar refractivity (Wildman–Crippen MR) is 90.0 cm³/mol. The Labute approximate surface area is 136 Å². The summed E-state index contributed by atoms with van der Waals surface area (Å²) in [5.74, 6) is 0.956. The molecule has 1 aromatic rings. The fourth-order valence-electron chi connectivity index (χ4n) is 3.41. The minimum atomic E-state index is 0.00829. The first-order valence-corrected chi connectivity index (χ1v) is 8.61. The molecule has 1 fully saturated rings. The van der Waals surface area contributed by atoms with Crippen molar-refractivity contribution in [3.05, 3.63) is 27.2 Å². The molecule has 0 saturated heterocycles. The first-order chi connectivity index (χ1) is 9.40. The lowest BCUT2D eigenvalue weighted by atomic mass is 9.71. The van der Waals surface area contributed by atoms with Crippen LogP contribution in [-0.2, 0) is 0 Å². The summed E-state index contributed by atoms with van der Waals surface area (Å²) in [5, 5.41) is 0.00829. The van der Waals surface area contributed by atoms with Gasteiger partial charge < -0.3 is 4.74 Å². The number of hydrogen-bond acceptors (Lipinski definition) is 1. The van der Waals surface area contributed by atoms with E-state index in [1.165, 1.54) is 43.2 Å². The molecule has 0 radical (unpaired) electrons. The molecule has 20 heavy (non-hydrogen) atoms. The van der Waals surface area contributed by atoms with Gasteiger partial charge >= 0.3 is 0 Å². The second kappa shape index (κ2) is 6.27.